The molecule has 0 heterocycles. The molecule has 0 aromatic rings. The average Bonchev–Trinajstić information content (AvgIpc) is 2.22. The molecular formula is C11H21F3N2O2. The van der Waals surface area contributed by atoms with E-state index in [9.17, 15) is 18.0 Å². The number of nitrogens with one attached hydrogen (secondary N) is 2. The average molecular weight is 270 g/mol. The lowest BCUT2D eigenvalue weighted by Gasteiger charge is -2.24. The van der Waals surface area contributed by atoms with Crippen LogP contribution in [-0.2, 0) is 4.79 Å². The summed E-state index contributed by atoms with van der Waals surface area (Å²) < 4.78 is 35.4. The monoisotopic (exact) mass is 270 g/mol. The number of hydrogen-bond donors (Lipinski definition) is 3. The number of aliphatic hydroxyl groups excluding tert-OH is 1. The van der Waals surface area contributed by atoms with Crippen molar-refractivity contribution in [3.8, 4) is 0 Å². The maximum atomic E-state index is 11.8. The third-order valence-corrected chi connectivity index (χ3v) is 2.39. The van der Waals surface area contributed by atoms with Gasteiger partial charge in [-0.05, 0) is 18.3 Å². The summed E-state index contributed by atoms with van der Waals surface area (Å²) in [6.45, 7) is 3.09. The summed E-state index contributed by atoms with van der Waals surface area (Å²) in [5, 5.41) is 13.3. The van der Waals surface area contributed by atoms with Crippen LogP contribution in [0.4, 0.5) is 13.2 Å². The van der Waals surface area contributed by atoms with Gasteiger partial charge in [-0.2, -0.15) is 13.2 Å². The van der Waals surface area contributed by atoms with Crippen LogP contribution in [0.25, 0.3) is 0 Å². The van der Waals surface area contributed by atoms with Crippen molar-refractivity contribution in [1.82, 2.24) is 10.6 Å². The van der Waals surface area contributed by atoms with E-state index >= 15 is 0 Å². The van der Waals surface area contributed by atoms with Crippen LogP contribution in [0.3, 0.4) is 0 Å². The molecule has 0 saturated heterocycles. The smallest absolute Gasteiger partial charge is 0.396 e. The van der Waals surface area contributed by atoms with Gasteiger partial charge >= 0.3 is 6.18 Å². The van der Waals surface area contributed by atoms with Gasteiger partial charge in [-0.1, -0.05) is 13.8 Å². The summed E-state index contributed by atoms with van der Waals surface area (Å²) in [6.07, 6.45) is -2.94. The van der Waals surface area contributed by atoms with Gasteiger partial charge in [0.1, 0.15) is 6.54 Å². The lowest BCUT2D eigenvalue weighted by atomic mass is 9.88. The highest BCUT2D eigenvalue weighted by Crippen LogP contribution is 2.20. The second kappa shape index (κ2) is 7.58. The Morgan fingerprint density at radius 3 is 2.33 bits per heavy atom. The van der Waals surface area contributed by atoms with Crippen LogP contribution in [-0.4, -0.2) is 43.4 Å². The number of alkyl halides is 3. The first-order chi connectivity index (χ1) is 8.16. The molecule has 7 heteroatoms. The first kappa shape index (κ1) is 17.2. The Hall–Kier alpha value is -0.820. The van der Waals surface area contributed by atoms with Gasteiger partial charge in [-0.25, -0.2) is 0 Å². The van der Waals surface area contributed by atoms with E-state index in [1.807, 2.05) is 13.8 Å². The minimum absolute atomic E-state index is 0.104. The number of rotatable bonds is 8. The van der Waals surface area contributed by atoms with Crippen LogP contribution in [0.15, 0.2) is 0 Å². The zero-order valence-electron chi connectivity index (χ0n) is 10.7. The number of carbonyl (C=O) groups is 1. The van der Waals surface area contributed by atoms with Crippen molar-refractivity contribution in [2.75, 3.05) is 26.2 Å². The third kappa shape index (κ3) is 10.3. The molecule has 0 aliphatic carbocycles. The predicted molar refractivity (Wildman–Crippen MR) is 62.0 cm³/mol. The van der Waals surface area contributed by atoms with Gasteiger partial charge in [0.2, 0.25) is 5.91 Å². The van der Waals surface area contributed by atoms with Gasteiger partial charge in [-0.15, -0.1) is 0 Å². The summed E-state index contributed by atoms with van der Waals surface area (Å²) in [5.41, 5.74) is -0.104. The van der Waals surface area contributed by atoms with Crippen LogP contribution < -0.4 is 10.6 Å². The summed E-state index contributed by atoms with van der Waals surface area (Å²) >= 11 is 0. The number of aliphatic hydroxyl groups is 1. The maximum absolute atomic E-state index is 11.8. The Morgan fingerprint density at radius 2 is 1.83 bits per heavy atom. The number of amides is 1. The van der Waals surface area contributed by atoms with Crippen LogP contribution in [0, 0.1) is 5.41 Å². The van der Waals surface area contributed by atoms with E-state index in [0.717, 1.165) is 6.42 Å². The van der Waals surface area contributed by atoms with Gasteiger partial charge in [-0.3, -0.25) is 4.79 Å². The van der Waals surface area contributed by atoms with E-state index in [0.29, 0.717) is 13.0 Å². The molecule has 0 saturated carbocycles. The molecule has 0 aliphatic heterocycles. The van der Waals surface area contributed by atoms with E-state index in [2.05, 4.69) is 5.32 Å². The van der Waals surface area contributed by atoms with Crippen molar-refractivity contribution in [2.24, 2.45) is 5.41 Å². The summed E-state index contributed by atoms with van der Waals surface area (Å²) in [6, 6.07) is 0. The van der Waals surface area contributed by atoms with E-state index in [1.54, 1.807) is 5.32 Å². The van der Waals surface area contributed by atoms with E-state index in [-0.39, 0.29) is 18.6 Å². The fraction of sp³-hybridized carbons (Fsp3) is 0.909. The maximum Gasteiger partial charge on any atom is 0.405 e. The lowest BCUT2D eigenvalue weighted by molar-refractivity contribution is -0.137. The molecule has 108 valence electrons. The third-order valence-electron chi connectivity index (χ3n) is 2.39. The van der Waals surface area contributed by atoms with Gasteiger partial charge < -0.3 is 15.7 Å². The Morgan fingerprint density at radius 1 is 1.22 bits per heavy atom. The summed E-state index contributed by atoms with van der Waals surface area (Å²) in [5.74, 6) is -0.676. The molecule has 4 nitrogen and oxygen atoms in total. The van der Waals surface area contributed by atoms with Gasteiger partial charge in [0.15, 0.2) is 0 Å². The van der Waals surface area contributed by atoms with Crippen molar-refractivity contribution in [1.29, 1.82) is 0 Å². The SMILES string of the molecule is CC(C)(CCCO)CNCC(=O)NCC(F)(F)F. The van der Waals surface area contributed by atoms with Crippen molar-refractivity contribution >= 4 is 5.91 Å². The molecule has 0 aromatic carbocycles. The molecule has 18 heavy (non-hydrogen) atoms. The van der Waals surface area contributed by atoms with Crippen molar-refractivity contribution in [3.63, 3.8) is 0 Å². The topological polar surface area (TPSA) is 61.4 Å². The predicted octanol–water partition coefficient (Wildman–Crippen LogP) is 1.05. The van der Waals surface area contributed by atoms with E-state index in [1.165, 1.54) is 0 Å². The Bertz CT molecular complexity index is 255. The van der Waals surface area contributed by atoms with Gasteiger partial charge in [0.05, 0.1) is 6.54 Å². The summed E-state index contributed by atoms with van der Waals surface area (Å²) in [4.78, 5) is 11.1. The van der Waals surface area contributed by atoms with E-state index < -0.39 is 18.6 Å². The molecule has 3 N–H and O–H groups in total. The molecule has 0 unspecified atom stereocenters. The van der Waals surface area contributed by atoms with Crippen LogP contribution in [0.2, 0.25) is 0 Å². The second-order valence-corrected chi connectivity index (χ2v) is 4.99. The molecule has 0 radical (unpaired) electrons. The Labute approximate surface area is 105 Å². The first-order valence-electron chi connectivity index (χ1n) is 5.81. The molecule has 1 amide bonds. The highest BCUT2D eigenvalue weighted by atomic mass is 19.4. The highest BCUT2D eigenvalue weighted by Gasteiger charge is 2.27. The van der Waals surface area contributed by atoms with Crippen LogP contribution in [0.5, 0.6) is 0 Å². The zero-order valence-corrected chi connectivity index (χ0v) is 10.7. The quantitative estimate of drug-likeness (QED) is 0.618. The molecule has 0 rings (SSSR count). The Kier molecular flexibility index (Phi) is 7.23. The van der Waals surface area contributed by atoms with Gasteiger partial charge in [0, 0.05) is 13.2 Å². The first-order valence-corrected chi connectivity index (χ1v) is 5.81. The van der Waals surface area contributed by atoms with Gasteiger partial charge in [0.25, 0.3) is 0 Å². The van der Waals surface area contributed by atoms with Crippen LogP contribution in [0.1, 0.15) is 26.7 Å². The Balaban J connectivity index is 3.73. The normalized spacial score (nSPS) is 12.6. The standard InChI is InChI=1S/C11H21F3N2O2/c1-10(2,4-3-5-17)7-15-6-9(18)16-8-11(12,13)14/h15,17H,3-8H2,1-2H3,(H,16,18). The fourth-order valence-electron chi connectivity index (χ4n) is 1.42. The number of halogens is 3. The molecule has 0 aliphatic rings. The lowest BCUT2D eigenvalue weighted by Crippen LogP contribution is -2.41. The summed E-state index contributed by atoms with van der Waals surface area (Å²) in [7, 11) is 0. The molecule has 0 aromatic heterocycles. The largest absolute Gasteiger partial charge is 0.405 e. The number of carbonyl (C=O) groups excluding carboxylic acids is 1. The zero-order chi connectivity index (χ0) is 14.2. The molecule has 0 spiro atoms. The minimum atomic E-state index is -4.38. The van der Waals surface area contributed by atoms with Crippen molar-refractivity contribution < 1.29 is 23.1 Å². The molecule has 0 fully saturated rings. The number of hydrogen-bond acceptors (Lipinski definition) is 3. The molecule has 0 atom stereocenters. The van der Waals surface area contributed by atoms with E-state index in [4.69, 9.17) is 5.11 Å². The van der Waals surface area contributed by atoms with Crippen molar-refractivity contribution in [2.45, 2.75) is 32.9 Å². The van der Waals surface area contributed by atoms with Crippen LogP contribution >= 0.6 is 0 Å². The molecular weight excluding hydrogens is 249 g/mol. The van der Waals surface area contributed by atoms with Crippen molar-refractivity contribution in [3.05, 3.63) is 0 Å². The molecule has 0 bridgehead atoms. The minimum Gasteiger partial charge on any atom is -0.396 e. The second-order valence-electron chi connectivity index (χ2n) is 4.99. The highest BCUT2D eigenvalue weighted by molar-refractivity contribution is 5.77. The fourth-order valence-corrected chi connectivity index (χ4v) is 1.42.